The van der Waals surface area contributed by atoms with Crippen molar-refractivity contribution in [2.75, 3.05) is 7.11 Å². The molecule has 1 aliphatic rings. The van der Waals surface area contributed by atoms with E-state index in [0.717, 1.165) is 25.7 Å². The van der Waals surface area contributed by atoms with Gasteiger partial charge in [0.2, 0.25) is 0 Å². The van der Waals surface area contributed by atoms with Crippen LogP contribution in [0, 0.1) is 0 Å². The molecule has 0 spiro atoms. The molecule has 0 heterocycles. The van der Waals surface area contributed by atoms with Gasteiger partial charge in [-0.3, -0.25) is 5.32 Å². The number of methoxy groups -OCH3 is 1. The van der Waals surface area contributed by atoms with Crippen LogP contribution < -0.4 is 10.1 Å². The summed E-state index contributed by atoms with van der Waals surface area (Å²) in [6.07, 6.45) is 5.48. The van der Waals surface area contributed by atoms with Crippen LogP contribution in [-0.4, -0.2) is 29.3 Å². The van der Waals surface area contributed by atoms with Crippen LogP contribution in [0.1, 0.15) is 44.6 Å². The van der Waals surface area contributed by atoms with Crippen LogP contribution in [0.3, 0.4) is 0 Å². The van der Waals surface area contributed by atoms with Crippen LogP contribution in [0.25, 0.3) is 0 Å². The Morgan fingerprint density at radius 1 is 1.33 bits per heavy atom. The van der Waals surface area contributed by atoms with Gasteiger partial charge in [-0.2, -0.15) is 0 Å². The Kier molecular flexibility index (Phi) is 4.73. The van der Waals surface area contributed by atoms with Crippen molar-refractivity contribution in [1.29, 1.82) is 0 Å². The first-order valence-electron chi connectivity index (χ1n) is 7.36. The molecule has 3 N–H and O–H groups in total. The predicted octanol–water partition coefficient (Wildman–Crippen LogP) is 2.62. The summed E-state index contributed by atoms with van der Waals surface area (Å²) in [6.45, 7) is 1.66. The first-order valence-corrected chi connectivity index (χ1v) is 7.36. The maximum atomic E-state index is 11.8. The average molecular weight is 293 g/mol. The molecule has 0 aromatic heterocycles. The van der Waals surface area contributed by atoms with Crippen LogP contribution in [0.5, 0.6) is 11.5 Å². The zero-order valence-corrected chi connectivity index (χ0v) is 12.6. The second kappa shape index (κ2) is 6.35. The van der Waals surface area contributed by atoms with Gasteiger partial charge in [-0.25, -0.2) is 4.79 Å². The third-order valence-electron chi connectivity index (χ3n) is 4.28. The highest BCUT2D eigenvalue weighted by atomic mass is 16.5. The van der Waals surface area contributed by atoms with Gasteiger partial charge < -0.3 is 14.9 Å². The Morgan fingerprint density at radius 2 is 2.00 bits per heavy atom. The monoisotopic (exact) mass is 293 g/mol. The third-order valence-corrected chi connectivity index (χ3v) is 4.28. The molecule has 116 valence electrons. The average Bonchev–Trinajstić information content (AvgIpc) is 2.48. The zero-order valence-electron chi connectivity index (χ0n) is 12.6. The molecule has 5 heteroatoms. The van der Waals surface area contributed by atoms with Gasteiger partial charge in [-0.1, -0.05) is 25.3 Å². The second-order valence-electron chi connectivity index (χ2n) is 5.80. The van der Waals surface area contributed by atoms with E-state index in [1.54, 1.807) is 19.1 Å². The van der Waals surface area contributed by atoms with E-state index in [1.165, 1.54) is 19.6 Å². The molecule has 1 fully saturated rings. The minimum absolute atomic E-state index is 0.00616. The normalized spacial score (nSPS) is 19.0. The third kappa shape index (κ3) is 3.29. The molecule has 1 saturated carbocycles. The summed E-state index contributed by atoms with van der Waals surface area (Å²) in [5, 5.41) is 22.6. The molecule has 0 radical (unpaired) electrons. The van der Waals surface area contributed by atoms with E-state index in [4.69, 9.17) is 4.74 Å². The summed E-state index contributed by atoms with van der Waals surface area (Å²) in [5.74, 6) is -0.641. The van der Waals surface area contributed by atoms with Crippen molar-refractivity contribution in [3.8, 4) is 11.5 Å². The fraction of sp³-hybridized carbons (Fsp3) is 0.562. The molecule has 1 unspecified atom stereocenters. The number of carboxylic acid groups (broad SMARTS) is 1. The Balaban J connectivity index is 2.30. The maximum Gasteiger partial charge on any atom is 0.328 e. The maximum absolute atomic E-state index is 11.8. The van der Waals surface area contributed by atoms with Crippen molar-refractivity contribution in [3.63, 3.8) is 0 Å². The molecule has 1 aliphatic carbocycles. The first-order chi connectivity index (χ1) is 9.97. The molecule has 5 nitrogen and oxygen atoms in total. The van der Waals surface area contributed by atoms with Crippen molar-refractivity contribution in [2.24, 2.45) is 0 Å². The number of rotatable bonds is 5. The molecule has 0 bridgehead atoms. The number of aliphatic carboxylic acids is 1. The number of ether oxygens (including phenoxy) is 1. The first kappa shape index (κ1) is 15.6. The lowest BCUT2D eigenvalue weighted by Crippen LogP contribution is -2.51. The van der Waals surface area contributed by atoms with Gasteiger partial charge in [0.15, 0.2) is 11.5 Å². The van der Waals surface area contributed by atoms with Gasteiger partial charge in [0, 0.05) is 6.04 Å². The number of nitrogens with one attached hydrogen (secondary N) is 1. The van der Waals surface area contributed by atoms with Gasteiger partial charge in [-0.05, 0) is 37.5 Å². The highest BCUT2D eigenvalue weighted by Gasteiger charge is 2.37. The van der Waals surface area contributed by atoms with Crippen LogP contribution in [0.15, 0.2) is 18.2 Å². The molecule has 0 saturated heterocycles. The van der Waals surface area contributed by atoms with Crippen molar-refractivity contribution in [3.05, 3.63) is 23.8 Å². The number of benzene rings is 1. The Hall–Kier alpha value is -1.75. The molecule has 0 amide bonds. The lowest BCUT2D eigenvalue weighted by Gasteiger charge is -2.34. The Bertz CT molecular complexity index is 511. The molecular formula is C16H23NO4. The summed E-state index contributed by atoms with van der Waals surface area (Å²) in [5.41, 5.74) is -0.613. The molecule has 0 aliphatic heterocycles. The van der Waals surface area contributed by atoms with E-state index in [1.807, 2.05) is 0 Å². The molecule has 2 rings (SSSR count). The minimum atomic E-state index is -1.19. The van der Waals surface area contributed by atoms with Crippen LogP contribution in [0.4, 0.5) is 0 Å². The lowest BCUT2D eigenvalue weighted by atomic mass is 9.87. The summed E-state index contributed by atoms with van der Waals surface area (Å²) in [7, 11) is 1.45. The van der Waals surface area contributed by atoms with E-state index < -0.39 is 11.5 Å². The van der Waals surface area contributed by atoms with Gasteiger partial charge in [0.05, 0.1) is 7.11 Å². The number of carbonyl (C=O) groups is 1. The zero-order chi connectivity index (χ0) is 15.5. The highest BCUT2D eigenvalue weighted by Crippen LogP contribution is 2.33. The number of carboxylic acids is 1. The fourth-order valence-electron chi connectivity index (χ4n) is 2.91. The summed E-state index contributed by atoms with van der Waals surface area (Å²) in [6, 6.07) is 4.89. The van der Waals surface area contributed by atoms with Crippen molar-refractivity contribution < 1.29 is 19.7 Å². The standard InChI is InChI=1S/C16H23NO4/c1-16(15(19)20,17-12-6-4-3-5-7-12)11-8-9-13(18)14(10-11)21-2/h8-10,12,17-18H,3-7H2,1-2H3,(H,19,20). The molecule has 1 aromatic carbocycles. The van der Waals surface area contributed by atoms with E-state index in [9.17, 15) is 15.0 Å². The lowest BCUT2D eigenvalue weighted by molar-refractivity contribution is -0.145. The van der Waals surface area contributed by atoms with Crippen LogP contribution >= 0.6 is 0 Å². The smallest absolute Gasteiger partial charge is 0.328 e. The van der Waals surface area contributed by atoms with Gasteiger partial charge in [-0.15, -0.1) is 0 Å². The number of phenolic OH excluding ortho intramolecular Hbond substituents is 1. The number of aromatic hydroxyl groups is 1. The van der Waals surface area contributed by atoms with E-state index in [2.05, 4.69) is 5.32 Å². The highest BCUT2D eigenvalue weighted by molar-refractivity contribution is 5.80. The summed E-state index contributed by atoms with van der Waals surface area (Å²) >= 11 is 0. The van der Waals surface area contributed by atoms with Crippen molar-refractivity contribution >= 4 is 5.97 Å². The topological polar surface area (TPSA) is 78.8 Å². The summed E-state index contributed by atoms with van der Waals surface area (Å²) < 4.78 is 5.08. The molecule has 1 aromatic rings. The SMILES string of the molecule is COc1cc(C(C)(NC2CCCCC2)C(=O)O)ccc1O. The Morgan fingerprint density at radius 3 is 2.57 bits per heavy atom. The van der Waals surface area contributed by atoms with Gasteiger partial charge in [0.1, 0.15) is 5.54 Å². The van der Waals surface area contributed by atoms with E-state index in [-0.39, 0.29) is 17.5 Å². The van der Waals surface area contributed by atoms with Gasteiger partial charge >= 0.3 is 5.97 Å². The summed E-state index contributed by atoms with van der Waals surface area (Å²) in [4.78, 5) is 11.8. The molecular weight excluding hydrogens is 270 g/mol. The van der Waals surface area contributed by atoms with Gasteiger partial charge in [0.25, 0.3) is 0 Å². The largest absolute Gasteiger partial charge is 0.504 e. The van der Waals surface area contributed by atoms with Crippen molar-refractivity contribution in [2.45, 2.75) is 50.6 Å². The predicted molar refractivity (Wildman–Crippen MR) is 79.7 cm³/mol. The number of hydrogen-bond donors (Lipinski definition) is 3. The molecule has 1 atom stereocenters. The van der Waals surface area contributed by atoms with E-state index >= 15 is 0 Å². The fourth-order valence-corrected chi connectivity index (χ4v) is 2.91. The Labute approximate surface area is 124 Å². The van der Waals surface area contributed by atoms with E-state index in [0.29, 0.717) is 5.56 Å². The number of hydrogen-bond acceptors (Lipinski definition) is 4. The van der Waals surface area contributed by atoms with Crippen LogP contribution in [0.2, 0.25) is 0 Å². The minimum Gasteiger partial charge on any atom is -0.504 e. The quantitative estimate of drug-likeness (QED) is 0.778. The van der Waals surface area contributed by atoms with Crippen LogP contribution in [-0.2, 0) is 10.3 Å². The number of phenols is 1. The molecule has 21 heavy (non-hydrogen) atoms. The van der Waals surface area contributed by atoms with Crippen molar-refractivity contribution in [1.82, 2.24) is 5.32 Å². The second-order valence-corrected chi connectivity index (χ2v) is 5.80.